The number of nitrogens with two attached hydrogens (primary N) is 1. The zero-order chi connectivity index (χ0) is 31.7. The van der Waals surface area contributed by atoms with E-state index in [2.05, 4.69) is 32.0 Å². The number of halogens is 3. The van der Waals surface area contributed by atoms with Gasteiger partial charge in [-0.1, -0.05) is 18.7 Å². The molecule has 14 heteroatoms. The summed E-state index contributed by atoms with van der Waals surface area (Å²) in [4.78, 5) is 18.4. The second kappa shape index (κ2) is 11.4. The van der Waals surface area contributed by atoms with E-state index in [0.29, 0.717) is 43.0 Å². The molecule has 0 aromatic carbocycles. The van der Waals surface area contributed by atoms with E-state index < -0.39 is 28.6 Å². The van der Waals surface area contributed by atoms with Crippen LogP contribution in [0.25, 0.3) is 16.5 Å². The molecule has 46 heavy (non-hydrogen) atoms. The van der Waals surface area contributed by atoms with Crippen LogP contribution in [-0.2, 0) is 4.74 Å². The fourth-order valence-electron chi connectivity index (χ4n) is 7.48. The molecule has 242 valence electrons. The Hall–Kier alpha value is -3.38. The average Bonchev–Trinajstić information content (AvgIpc) is 3.77. The van der Waals surface area contributed by atoms with Crippen molar-refractivity contribution >= 4 is 34.1 Å². The molecule has 4 fully saturated rings. The van der Waals surface area contributed by atoms with Gasteiger partial charge in [-0.15, -0.1) is 0 Å². The van der Waals surface area contributed by atoms with Gasteiger partial charge in [0.15, 0.2) is 11.6 Å². The van der Waals surface area contributed by atoms with Crippen molar-refractivity contribution in [2.24, 2.45) is 17.1 Å². The van der Waals surface area contributed by atoms with E-state index in [4.69, 9.17) is 20.2 Å². The second-order valence-corrected chi connectivity index (χ2v) is 14.4. The number of nitrogens with zero attached hydrogens (tertiary/aromatic N) is 6. The molecular formula is C32H35F3N8O2S. The molecule has 2 aromatic rings. The summed E-state index contributed by atoms with van der Waals surface area (Å²) in [7, 11) is 0. The number of allylic oxidation sites excluding steroid dienone is 4. The van der Waals surface area contributed by atoms with Crippen molar-refractivity contribution in [3.63, 3.8) is 0 Å². The molecule has 3 saturated heterocycles. The number of pyridine rings is 1. The number of fused-ring (bicyclic) bond motifs is 4. The Balaban J connectivity index is 1.17. The fraction of sp³-hybridized carbons (Fsp3) is 0.562. The molecule has 4 aliphatic heterocycles. The largest absolute Gasteiger partial charge is 0.463 e. The molecule has 10 nitrogen and oxygen atoms in total. The lowest BCUT2D eigenvalue weighted by molar-refractivity contribution is -0.135. The Morgan fingerprint density at radius 1 is 1.24 bits per heavy atom. The lowest BCUT2D eigenvalue weighted by Gasteiger charge is -2.53. The van der Waals surface area contributed by atoms with E-state index in [1.54, 1.807) is 0 Å². The zero-order valence-corrected chi connectivity index (χ0v) is 26.3. The number of hydrogen-bond donors (Lipinski definition) is 2. The molecule has 0 radical (unpaired) electrons. The Bertz CT molecular complexity index is 1730. The van der Waals surface area contributed by atoms with Gasteiger partial charge in [0.2, 0.25) is 0 Å². The molecule has 2 aliphatic carbocycles. The summed E-state index contributed by atoms with van der Waals surface area (Å²) in [6.45, 7) is 7.01. The van der Waals surface area contributed by atoms with Crippen molar-refractivity contribution < 1.29 is 22.6 Å². The van der Waals surface area contributed by atoms with E-state index in [1.165, 1.54) is 12.6 Å². The van der Waals surface area contributed by atoms with Gasteiger partial charge in [0.05, 0.1) is 47.1 Å². The summed E-state index contributed by atoms with van der Waals surface area (Å²) in [6.07, 6.45) is 6.55. The zero-order valence-electron chi connectivity index (χ0n) is 25.4. The molecule has 5 atom stereocenters. The quantitative estimate of drug-likeness (QED) is 0.431. The minimum absolute atomic E-state index is 0.00695. The van der Waals surface area contributed by atoms with Gasteiger partial charge in [-0.2, -0.15) is 15.2 Å². The molecule has 1 saturated carbocycles. The van der Waals surface area contributed by atoms with Gasteiger partial charge in [0.25, 0.3) is 0 Å². The van der Waals surface area contributed by atoms with Gasteiger partial charge in [-0.05, 0) is 37.3 Å². The maximum absolute atomic E-state index is 16.7. The van der Waals surface area contributed by atoms with E-state index in [1.807, 2.05) is 6.07 Å². The summed E-state index contributed by atoms with van der Waals surface area (Å²) < 4.78 is 58.4. The van der Waals surface area contributed by atoms with Crippen molar-refractivity contribution in [2.75, 3.05) is 50.9 Å². The van der Waals surface area contributed by atoms with Crippen LogP contribution in [0.3, 0.4) is 0 Å². The van der Waals surface area contributed by atoms with Crippen molar-refractivity contribution in [3.05, 3.63) is 46.0 Å². The summed E-state index contributed by atoms with van der Waals surface area (Å²) in [5.74, 6) is -3.44. The number of aromatic nitrogens is 3. The third-order valence-electron chi connectivity index (χ3n) is 10.4. The van der Waals surface area contributed by atoms with Crippen molar-refractivity contribution in [1.82, 2.24) is 25.2 Å². The summed E-state index contributed by atoms with van der Waals surface area (Å²) in [5.41, 5.74) is 5.90. The Morgan fingerprint density at radius 3 is 2.76 bits per heavy atom. The molecule has 2 bridgehead atoms. The predicted octanol–water partition coefficient (Wildman–Crippen LogP) is 3.96. The first-order valence-electron chi connectivity index (χ1n) is 15.9. The minimum atomic E-state index is -1.14. The lowest BCUT2D eigenvalue weighted by atomic mass is 9.82. The molecule has 0 spiro atoms. The monoisotopic (exact) mass is 652 g/mol. The highest BCUT2D eigenvalue weighted by molar-refractivity contribution is 8.04. The maximum atomic E-state index is 16.7. The molecule has 3 N–H and O–H groups in total. The van der Waals surface area contributed by atoms with Crippen LogP contribution in [0.15, 0.2) is 34.5 Å². The van der Waals surface area contributed by atoms with Crippen molar-refractivity contribution in [3.8, 4) is 12.1 Å². The number of nitriles is 1. The standard InChI is InChI=1S/C32H35F3N8O2S/c1-2-16-11-42(6-5-38-16)30-21-10-39-26(19-8-22(33)24(34)28-23(19)20(9-36)29(37)46-28)25(35)27(21)40-31(41-30)45-15-32(3-4-32)14-43-17-7-18(43)13-44-12-17/h8,10,16-18,23,28,38H,2-7,11-15,37H2,1H3. The number of anilines is 1. The Morgan fingerprint density at radius 2 is 2.04 bits per heavy atom. The molecule has 5 unspecified atom stereocenters. The predicted molar refractivity (Wildman–Crippen MR) is 167 cm³/mol. The Labute approximate surface area is 268 Å². The molecule has 2 aromatic heterocycles. The number of piperazine rings is 1. The van der Waals surface area contributed by atoms with Gasteiger partial charge in [0.1, 0.15) is 22.9 Å². The van der Waals surface area contributed by atoms with Gasteiger partial charge in [0, 0.05) is 61.8 Å². The summed E-state index contributed by atoms with van der Waals surface area (Å²) in [5, 5.41) is 12.7. The van der Waals surface area contributed by atoms with E-state index in [-0.39, 0.29) is 44.9 Å². The van der Waals surface area contributed by atoms with Crippen LogP contribution in [-0.4, -0.2) is 89.2 Å². The number of nitrogens with one attached hydrogen (secondary N) is 1. The van der Waals surface area contributed by atoms with Gasteiger partial charge in [-0.25, -0.2) is 13.2 Å². The van der Waals surface area contributed by atoms with Crippen LogP contribution in [0.5, 0.6) is 6.01 Å². The van der Waals surface area contributed by atoms with E-state index in [9.17, 15) is 14.0 Å². The van der Waals surface area contributed by atoms with Crippen LogP contribution in [0, 0.1) is 28.5 Å². The van der Waals surface area contributed by atoms with Gasteiger partial charge in [-0.3, -0.25) is 9.88 Å². The third-order valence-corrected chi connectivity index (χ3v) is 11.6. The summed E-state index contributed by atoms with van der Waals surface area (Å²) >= 11 is 0.860. The van der Waals surface area contributed by atoms with Crippen LogP contribution in [0.1, 0.15) is 38.3 Å². The second-order valence-electron chi connectivity index (χ2n) is 13.3. The lowest BCUT2D eigenvalue weighted by Crippen LogP contribution is -2.65. The number of rotatable bonds is 8. The third kappa shape index (κ3) is 4.94. The van der Waals surface area contributed by atoms with Crippen molar-refractivity contribution in [2.45, 2.75) is 56.0 Å². The fourth-order valence-corrected chi connectivity index (χ4v) is 8.69. The van der Waals surface area contributed by atoms with E-state index >= 15 is 4.39 Å². The first-order chi connectivity index (χ1) is 22.3. The average molecular weight is 653 g/mol. The first-order valence-corrected chi connectivity index (χ1v) is 16.8. The molecule has 6 aliphatic rings. The SMILES string of the molecule is CCC1CN(c2nc(OCC3(CN4C5COCC4C5)CC3)nc3c(F)c(C4=CC(F)=C(F)C5SC(N)=C(C#N)C45)ncc23)CCN1. The topological polar surface area (TPSA) is 125 Å². The molecule has 8 rings (SSSR count). The highest BCUT2D eigenvalue weighted by Gasteiger charge is 2.52. The van der Waals surface area contributed by atoms with Crippen LogP contribution < -0.4 is 20.7 Å². The van der Waals surface area contributed by atoms with Crippen LogP contribution in [0.2, 0.25) is 0 Å². The number of hydrogen-bond acceptors (Lipinski definition) is 11. The maximum Gasteiger partial charge on any atom is 0.319 e. The van der Waals surface area contributed by atoms with E-state index in [0.717, 1.165) is 63.4 Å². The molecule has 0 amide bonds. The smallest absolute Gasteiger partial charge is 0.319 e. The highest BCUT2D eigenvalue weighted by atomic mass is 32.2. The molecular weight excluding hydrogens is 617 g/mol. The van der Waals surface area contributed by atoms with Crippen LogP contribution in [0.4, 0.5) is 19.0 Å². The number of ether oxygens (including phenoxy) is 2. The van der Waals surface area contributed by atoms with Gasteiger partial charge < -0.3 is 25.4 Å². The highest BCUT2D eigenvalue weighted by Crippen LogP contribution is 2.53. The first kappa shape index (κ1) is 30.0. The Kier molecular flexibility index (Phi) is 7.43. The minimum Gasteiger partial charge on any atom is -0.463 e. The van der Waals surface area contributed by atoms with Gasteiger partial charge >= 0.3 is 6.01 Å². The number of thioether (sulfide) groups is 1. The van der Waals surface area contributed by atoms with Crippen LogP contribution >= 0.6 is 11.8 Å². The number of morpholine rings is 1. The summed E-state index contributed by atoms with van der Waals surface area (Å²) in [6, 6.07) is 3.23. The van der Waals surface area contributed by atoms with Crippen molar-refractivity contribution in [1.29, 1.82) is 5.26 Å². The molecule has 6 heterocycles. The normalized spacial score (nSPS) is 30.2.